The van der Waals surface area contributed by atoms with Gasteiger partial charge in [0.2, 0.25) is 0 Å². The van der Waals surface area contributed by atoms with E-state index < -0.39 is 33.1 Å². The van der Waals surface area contributed by atoms with E-state index in [1.807, 2.05) is 29.2 Å². The molecule has 0 aliphatic carbocycles. The first-order valence-corrected chi connectivity index (χ1v) is 16.4. The van der Waals surface area contributed by atoms with Gasteiger partial charge in [-0.2, -0.15) is 5.26 Å². The zero-order valence-electron chi connectivity index (χ0n) is 25.0. The number of nitriles is 1. The third-order valence-electron chi connectivity index (χ3n) is 6.91. The van der Waals surface area contributed by atoms with Gasteiger partial charge in [-0.15, -0.1) is 0 Å². The van der Waals surface area contributed by atoms with Gasteiger partial charge in [-0.05, 0) is 61.4 Å². The number of carbonyl (C=O) groups excluding carboxylic acids is 1. The van der Waals surface area contributed by atoms with E-state index in [1.54, 1.807) is 38.2 Å². The Bertz CT molecular complexity index is 1910. The number of benzene rings is 3. The summed E-state index contributed by atoms with van der Waals surface area (Å²) in [4.78, 5) is 16.4. The lowest BCUT2D eigenvalue weighted by molar-refractivity contribution is 0.243. The number of ether oxygens (including phenoxy) is 1. The van der Waals surface area contributed by atoms with E-state index in [4.69, 9.17) is 16.3 Å². The molecule has 4 rings (SSSR count). The Morgan fingerprint density at radius 3 is 2.49 bits per heavy atom. The van der Waals surface area contributed by atoms with Gasteiger partial charge in [-0.1, -0.05) is 49.3 Å². The van der Waals surface area contributed by atoms with Crippen LogP contribution in [0.25, 0.3) is 5.69 Å². The number of thioether (sulfide) groups is 1. The van der Waals surface area contributed by atoms with Gasteiger partial charge in [0.05, 0.1) is 35.1 Å². The second kappa shape index (κ2) is 13.5. The van der Waals surface area contributed by atoms with E-state index in [0.717, 1.165) is 0 Å². The van der Waals surface area contributed by atoms with Crippen LogP contribution in [-0.2, 0) is 21.2 Å². The molecular formula is C31H30ClF2N5O4S2. The highest BCUT2D eigenvalue weighted by Gasteiger charge is 2.31. The van der Waals surface area contributed by atoms with Crippen molar-refractivity contribution in [1.82, 2.24) is 19.6 Å². The van der Waals surface area contributed by atoms with E-state index in [9.17, 15) is 27.3 Å². The zero-order valence-corrected chi connectivity index (χ0v) is 27.4. The van der Waals surface area contributed by atoms with E-state index in [1.165, 1.54) is 55.3 Å². The second-order valence-electron chi connectivity index (χ2n) is 10.8. The first-order valence-electron chi connectivity index (χ1n) is 13.5. The van der Waals surface area contributed by atoms with Gasteiger partial charge in [0.25, 0.3) is 10.0 Å². The van der Waals surface area contributed by atoms with Crippen molar-refractivity contribution in [1.29, 1.82) is 5.26 Å². The van der Waals surface area contributed by atoms with E-state index in [-0.39, 0.29) is 33.0 Å². The first kappa shape index (κ1) is 33.8. The number of amides is 2. The molecule has 0 fully saturated rings. The molecule has 45 heavy (non-hydrogen) atoms. The first-order chi connectivity index (χ1) is 21.2. The molecule has 2 N–H and O–H groups in total. The summed E-state index contributed by atoms with van der Waals surface area (Å²) in [5.74, 6) is -0.892. The predicted octanol–water partition coefficient (Wildman–Crippen LogP) is 6.70. The lowest BCUT2D eigenvalue weighted by atomic mass is 9.81. The SMILES string of the molecule is COc1cc(-n2c(C(C)(C)c3ccc(F)c(C#N)c3)cnc2SCc2ccc(S(=O)(=O)NC(=O)NC(C)C)cc2Cl)ccc1F. The number of imidazole rings is 1. The molecule has 0 bridgehead atoms. The average Bonchev–Trinajstić information content (AvgIpc) is 3.41. The van der Waals surface area contributed by atoms with Crippen LogP contribution in [0.2, 0.25) is 5.02 Å². The molecular weight excluding hydrogens is 644 g/mol. The topological polar surface area (TPSA) is 126 Å². The number of hydrogen-bond donors (Lipinski definition) is 2. The Morgan fingerprint density at radius 2 is 1.84 bits per heavy atom. The van der Waals surface area contributed by atoms with Gasteiger partial charge in [-0.3, -0.25) is 4.57 Å². The fourth-order valence-electron chi connectivity index (χ4n) is 4.49. The lowest BCUT2D eigenvalue weighted by Crippen LogP contribution is -2.42. The Balaban J connectivity index is 1.71. The number of rotatable bonds is 10. The highest BCUT2D eigenvalue weighted by molar-refractivity contribution is 7.98. The maximum Gasteiger partial charge on any atom is 0.328 e. The summed E-state index contributed by atoms with van der Waals surface area (Å²) in [5.41, 5.74) is 1.55. The number of urea groups is 1. The van der Waals surface area contributed by atoms with Gasteiger partial charge < -0.3 is 10.1 Å². The molecule has 0 saturated carbocycles. The Kier molecular flexibility index (Phi) is 10.1. The molecule has 2 amide bonds. The Morgan fingerprint density at radius 1 is 1.13 bits per heavy atom. The van der Waals surface area contributed by atoms with Crippen molar-refractivity contribution in [3.63, 3.8) is 0 Å². The molecule has 0 saturated heterocycles. The van der Waals surface area contributed by atoms with Crippen molar-refractivity contribution in [2.75, 3.05) is 7.11 Å². The molecule has 1 aromatic heterocycles. The summed E-state index contributed by atoms with van der Waals surface area (Å²) in [7, 11) is -2.81. The number of nitrogens with one attached hydrogen (secondary N) is 2. The highest BCUT2D eigenvalue weighted by Crippen LogP contribution is 2.38. The van der Waals surface area contributed by atoms with Crippen LogP contribution in [0, 0.1) is 23.0 Å². The molecule has 3 aromatic carbocycles. The molecule has 14 heteroatoms. The number of methoxy groups -OCH3 is 1. The van der Waals surface area contributed by atoms with Crippen LogP contribution in [0.1, 0.15) is 50.1 Å². The second-order valence-corrected chi connectivity index (χ2v) is 13.8. The Hall–Kier alpha value is -4.12. The monoisotopic (exact) mass is 673 g/mol. The number of hydrogen-bond acceptors (Lipinski definition) is 7. The van der Waals surface area contributed by atoms with Crippen LogP contribution >= 0.6 is 23.4 Å². The van der Waals surface area contributed by atoms with Crippen LogP contribution in [0.15, 0.2) is 70.8 Å². The smallest absolute Gasteiger partial charge is 0.328 e. The fourth-order valence-corrected chi connectivity index (χ4v) is 6.82. The van der Waals surface area contributed by atoms with Crippen molar-refractivity contribution in [2.45, 2.75) is 55.0 Å². The van der Waals surface area contributed by atoms with Crippen molar-refractivity contribution in [3.8, 4) is 17.5 Å². The summed E-state index contributed by atoms with van der Waals surface area (Å²) in [6.45, 7) is 7.19. The molecule has 1 heterocycles. The van der Waals surface area contributed by atoms with Crippen LogP contribution in [0.3, 0.4) is 0 Å². The molecule has 236 valence electrons. The highest BCUT2D eigenvalue weighted by atomic mass is 35.5. The predicted molar refractivity (Wildman–Crippen MR) is 168 cm³/mol. The molecule has 9 nitrogen and oxygen atoms in total. The van der Waals surface area contributed by atoms with Crippen molar-refractivity contribution in [2.24, 2.45) is 0 Å². The summed E-state index contributed by atoms with van der Waals surface area (Å²) in [6, 6.07) is 13.6. The van der Waals surface area contributed by atoms with Crippen LogP contribution < -0.4 is 14.8 Å². The minimum absolute atomic E-state index is 0.0185. The minimum Gasteiger partial charge on any atom is -0.494 e. The molecule has 0 spiro atoms. The van der Waals surface area contributed by atoms with Crippen molar-refractivity contribution in [3.05, 3.63) is 99.8 Å². The number of nitrogens with zero attached hydrogens (tertiary/aromatic N) is 3. The molecule has 0 aliphatic heterocycles. The van der Waals surface area contributed by atoms with Gasteiger partial charge in [0, 0.05) is 28.3 Å². The standard InChI is InChI=1S/C31H30ClF2N5O4S2/c1-18(2)37-29(40)38-45(41,42)23-9-6-19(24(32)14-23)17-44-30-36-16-28(39(30)22-8-11-26(34)27(13-22)43-5)31(3,4)21-7-10-25(33)20(12-21)15-35/h6-14,16,18H,17H2,1-5H3,(H2,37,38,40). The summed E-state index contributed by atoms with van der Waals surface area (Å²) < 4.78 is 62.9. The van der Waals surface area contributed by atoms with Crippen molar-refractivity contribution >= 4 is 39.4 Å². The normalized spacial score (nSPS) is 11.7. The molecule has 0 atom stereocenters. The van der Waals surface area contributed by atoms with Crippen LogP contribution in [-0.4, -0.2) is 37.2 Å². The Labute approximate surface area is 269 Å². The quantitative estimate of drug-likeness (QED) is 0.180. The van der Waals surface area contributed by atoms with E-state index in [2.05, 4.69) is 10.3 Å². The fraction of sp³-hybridized carbons (Fsp3) is 0.258. The maximum absolute atomic E-state index is 14.4. The summed E-state index contributed by atoms with van der Waals surface area (Å²) in [5, 5.41) is 12.5. The molecule has 0 unspecified atom stereocenters. The van der Waals surface area contributed by atoms with E-state index in [0.29, 0.717) is 27.7 Å². The van der Waals surface area contributed by atoms with Crippen molar-refractivity contribution < 1.29 is 26.7 Å². The number of carbonyl (C=O) groups is 1. The maximum atomic E-state index is 14.4. The third kappa shape index (κ3) is 7.41. The number of sulfonamides is 1. The van der Waals surface area contributed by atoms with Gasteiger partial charge in [0.1, 0.15) is 11.9 Å². The van der Waals surface area contributed by atoms with Gasteiger partial charge >= 0.3 is 6.03 Å². The largest absolute Gasteiger partial charge is 0.494 e. The molecule has 0 radical (unpaired) electrons. The van der Waals surface area contributed by atoms with Gasteiger partial charge in [0.15, 0.2) is 16.7 Å². The molecule has 4 aromatic rings. The van der Waals surface area contributed by atoms with Crippen LogP contribution in [0.5, 0.6) is 5.75 Å². The summed E-state index contributed by atoms with van der Waals surface area (Å²) in [6.07, 6.45) is 1.65. The summed E-state index contributed by atoms with van der Waals surface area (Å²) >= 11 is 7.78. The molecule has 0 aliphatic rings. The van der Waals surface area contributed by atoms with Gasteiger partial charge in [-0.25, -0.2) is 31.7 Å². The third-order valence-corrected chi connectivity index (χ3v) is 9.59. The van der Waals surface area contributed by atoms with Crippen LogP contribution in [0.4, 0.5) is 13.6 Å². The average molecular weight is 674 g/mol. The number of aromatic nitrogens is 2. The van der Waals surface area contributed by atoms with E-state index >= 15 is 0 Å². The lowest BCUT2D eigenvalue weighted by Gasteiger charge is -2.28. The number of halogens is 3. The zero-order chi connectivity index (χ0) is 33.1. The minimum atomic E-state index is -4.17.